The maximum atomic E-state index is 10.5. The molecule has 0 amide bonds. The monoisotopic (exact) mass is 311 g/mol. The van der Waals surface area contributed by atoms with Crippen LogP contribution in [0, 0.1) is 5.92 Å². The largest absolute Gasteiger partial charge is 0.383 e. The second-order valence-electron chi connectivity index (χ2n) is 5.91. The van der Waals surface area contributed by atoms with Crippen LogP contribution in [-0.4, -0.2) is 30.7 Å². The molecule has 1 heterocycles. The van der Waals surface area contributed by atoms with E-state index < -0.39 is 5.60 Å². The lowest BCUT2D eigenvalue weighted by Crippen LogP contribution is -2.39. The van der Waals surface area contributed by atoms with Crippen molar-refractivity contribution in [1.82, 2.24) is 10.6 Å². The third-order valence-corrected chi connectivity index (χ3v) is 4.31. The number of nitrogens with one attached hydrogen (secondary N) is 2. The fourth-order valence-electron chi connectivity index (χ4n) is 1.95. The SMILES string of the molecule is CCNC(=NCC(C)(O)c1cccs1)NCCCC(C)C. The highest BCUT2D eigenvalue weighted by Gasteiger charge is 2.23. The van der Waals surface area contributed by atoms with Gasteiger partial charge in [-0.1, -0.05) is 19.9 Å². The van der Waals surface area contributed by atoms with Gasteiger partial charge in [0.25, 0.3) is 0 Å². The van der Waals surface area contributed by atoms with E-state index in [0.717, 1.165) is 36.3 Å². The Morgan fingerprint density at radius 2 is 2.19 bits per heavy atom. The Kier molecular flexibility index (Phi) is 7.75. The normalized spacial score (nSPS) is 15.0. The number of guanidine groups is 1. The minimum absolute atomic E-state index is 0.354. The van der Waals surface area contributed by atoms with Gasteiger partial charge in [0.1, 0.15) is 5.60 Å². The molecule has 0 saturated heterocycles. The quantitative estimate of drug-likeness (QED) is 0.393. The molecule has 1 atom stereocenters. The Morgan fingerprint density at radius 1 is 1.43 bits per heavy atom. The van der Waals surface area contributed by atoms with Crippen molar-refractivity contribution in [3.8, 4) is 0 Å². The van der Waals surface area contributed by atoms with Crippen LogP contribution in [-0.2, 0) is 5.60 Å². The summed E-state index contributed by atoms with van der Waals surface area (Å²) in [5.41, 5.74) is -0.908. The molecule has 1 aromatic heterocycles. The van der Waals surface area contributed by atoms with Crippen molar-refractivity contribution < 1.29 is 5.11 Å². The first kappa shape index (κ1) is 18.0. The Labute approximate surface area is 132 Å². The average molecular weight is 311 g/mol. The van der Waals surface area contributed by atoms with Crippen LogP contribution in [0.3, 0.4) is 0 Å². The molecule has 0 aliphatic rings. The number of thiophene rings is 1. The van der Waals surface area contributed by atoms with Gasteiger partial charge in [-0.3, -0.25) is 0 Å². The van der Waals surface area contributed by atoms with E-state index in [2.05, 4.69) is 29.5 Å². The van der Waals surface area contributed by atoms with E-state index in [1.165, 1.54) is 6.42 Å². The van der Waals surface area contributed by atoms with Crippen molar-refractivity contribution in [2.45, 2.75) is 46.1 Å². The molecule has 0 aromatic carbocycles. The van der Waals surface area contributed by atoms with Crippen molar-refractivity contribution in [3.05, 3.63) is 22.4 Å². The smallest absolute Gasteiger partial charge is 0.191 e. The van der Waals surface area contributed by atoms with Crippen molar-refractivity contribution in [1.29, 1.82) is 0 Å². The molecule has 0 aliphatic heterocycles. The summed E-state index contributed by atoms with van der Waals surface area (Å²) in [5.74, 6) is 1.50. The van der Waals surface area contributed by atoms with Crippen LogP contribution in [0.25, 0.3) is 0 Å². The molecule has 21 heavy (non-hydrogen) atoms. The summed E-state index contributed by atoms with van der Waals surface area (Å²) in [6.07, 6.45) is 2.34. The number of hydrogen-bond donors (Lipinski definition) is 3. The van der Waals surface area contributed by atoms with E-state index in [1.807, 2.05) is 31.4 Å². The molecular formula is C16H29N3OS. The van der Waals surface area contributed by atoms with Gasteiger partial charge in [-0.05, 0) is 44.1 Å². The number of rotatable bonds is 8. The number of aliphatic imine (C=N–C) groups is 1. The number of hydrogen-bond acceptors (Lipinski definition) is 3. The molecule has 0 aliphatic carbocycles. The Morgan fingerprint density at radius 3 is 2.76 bits per heavy atom. The van der Waals surface area contributed by atoms with Crippen LogP contribution in [0.1, 0.15) is 45.4 Å². The first-order valence-electron chi connectivity index (χ1n) is 7.74. The van der Waals surface area contributed by atoms with Crippen LogP contribution in [0.5, 0.6) is 0 Å². The summed E-state index contributed by atoms with van der Waals surface area (Å²) in [6.45, 7) is 10.4. The van der Waals surface area contributed by atoms with Crippen LogP contribution in [0.2, 0.25) is 0 Å². The highest BCUT2D eigenvalue weighted by molar-refractivity contribution is 7.10. The van der Waals surface area contributed by atoms with Crippen LogP contribution in [0.15, 0.2) is 22.5 Å². The van der Waals surface area contributed by atoms with E-state index in [1.54, 1.807) is 11.3 Å². The Bertz CT molecular complexity index is 413. The summed E-state index contributed by atoms with van der Waals surface area (Å²) in [7, 11) is 0. The van der Waals surface area contributed by atoms with Gasteiger partial charge in [-0.25, -0.2) is 4.99 Å². The van der Waals surface area contributed by atoms with E-state index >= 15 is 0 Å². The van der Waals surface area contributed by atoms with Gasteiger partial charge in [0.2, 0.25) is 0 Å². The van der Waals surface area contributed by atoms with Crippen molar-refractivity contribution in [2.24, 2.45) is 10.9 Å². The zero-order valence-electron chi connectivity index (χ0n) is 13.6. The minimum Gasteiger partial charge on any atom is -0.383 e. The van der Waals surface area contributed by atoms with Gasteiger partial charge >= 0.3 is 0 Å². The van der Waals surface area contributed by atoms with E-state index in [4.69, 9.17) is 0 Å². The van der Waals surface area contributed by atoms with Crippen molar-refractivity contribution >= 4 is 17.3 Å². The average Bonchev–Trinajstić information content (AvgIpc) is 2.95. The molecule has 5 heteroatoms. The molecule has 4 nitrogen and oxygen atoms in total. The predicted octanol–water partition coefficient (Wildman–Crippen LogP) is 2.95. The fraction of sp³-hybridized carbons (Fsp3) is 0.688. The standard InChI is InChI=1S/C16H29N3OS/c1-5-17-15(18-10-6-8-13(2)3)19-12-16(4,20)14-9-7-11-21-14/h7,9,11,13,20H,5-6,8,10,12H2,1-4H3,(H2,17,18,19). The number of aliphatic hydroxyl groups is 1. The molecular weight excluding hydrogens is 282 g/mol. The summed E-state index contributed by atoms with van der Waals surface area (Å²) >= 11 is 1.56. The summed E-state index contributed by atoms with van der Waals surface area (Å²) in [4.78, 5) is 5.46. The van der Waals surface area contributed by atoms with Gasteiger partial charge in [0.15, 0.2) is 5.96 Å². The van der Waals surface area contributed by atoms with Crippen LogP contribution in [0.4, 0.5) is 0 Å². The van der Waals surface area contributed by atoms with Gasteiger partial charge in [-0.15, -0.1) is 11.3 Å². The third kappa shape index (κ3) is 6.96. The lowest BCUT2D eigenvalue weighted by molar-refractivity contribution is 0.0711. The lowest BCUT2D eigenvalue weighted by atomic mass is 10.1. The summed E-state index contributed by atoms with van der Waals surface area (Å²) in [5, 5.41) is 19.0. The highest BCUT2D eigenvalue weighted by Crippen LogP contribution is 2.25. The van der Waals surface area contributed by atoms with Crippen molar-refractivity contribution in [2.75, 3.05) is 19.6 Å². The molecule has 120 valence electrons. The van der Waals surface area contributed by atoms with Gasteiger partial charge in [0, 0.05) is 18.0 Å². The van der Waals surface area contributed by atoms with E-state index in [9.17, 15) is 5.11 Å². The molecule has 0 radical (unpaired) electrons. The topological polar surface area (TPSA) is 56.7 Å². The maximum Gasteiger partial charge on any atom is 0.191 e. The second kappa shape index (κ2) is 9.05. The second-order valence-corrected chi connectivity index (χ2v) is 6.86. The molecule has 0 saturated carbocycles. The van der Waals surface area contributed by atoms with Gasteiger partial charge in [-0.2, -0.15) is 0 Å². The summed E-state index contributed by atoms with van der Waals surface area (Å²) < 4.78 is 0. The molecule has 0 spiro atoms. The zero-order chi connectivity index (χ0) is 15.7. The predicted molar refractivity (Wildman–Crippen MR) is 91.9 cm³/mol. The van der Waals surface area contributed by atoms with E-state index in [0.29, 0.717) is 6.54 Å². The lowest BCUT2D eigenvalue weighted by Gasteiger charge is -2.20. The van der Waals surface area contributed by atoms with Gasteiger partial charge < -0.3 is 15.7 Å². The zero-order valence-corrected chi connectivity index (χ0v) is 14.5. The molecule has 0 fully saturated rings. The van der Waals surface area contributed by atoms with Crippen molar-refractivity contribution in [3.63, 3.8) is 0 Å². The molecule has 1 rings (SSSR count). The molecule has 1 aromatic rings. The maximum absolute atomic E-state index is 10.5. The first-order chi connectivity index (χ1) is 9.95. The number of nitrogens with zero attached hydrogens (tertiary/aromatic N) is 1. The minimum atomic E-state index is -0.908. The third-order valence-electron chi connectivity index (χ3n) is 3.19. The molecule has 0 bridgehead atoms. The molecule has 3 N–H and O–H groups in total. The first-order valence-corrected chi connectivity index (χ1v) is 8.62. The van der Waals surface area contributed by atoms with Crippen LogP contribution >= 0.6 is 11.3 Å². The highest BCUT2D eigenvalue weighted by atomic mass is 32.1. The fourth-order valence-corrected chi connectivity index (χ4v) is 2.73. The van der Waals surface area contributed by atoms with Gasteiger partial charge in [0.05, 0.1) is 6.54 Å². The van der Waals surface area contributed by atoms with E-state index in [-0.39, 0.29) is 0 Å². The summed E-state index contributed by atoms with van der Waals surface area (Å²) in [6, 6.07) is 3.90. The Balaban J connectivity index is 2.51. The van der Waals surface area contributed by atoms with Crippen LogP contribution < -0.4 is 10.6 Å². The molecule has 1 unspecified atom stereocenters. The Hall–Kier alpha value is -1.07.